The normalized spacial score (nSPS) is 21.0. The zero-order valence-corrected chi connectivity index (χ0v) is 12.7. The van der Waals surface area contributed by atoms with Gasteiger partial charge in [0.2, 0.25) is 0 Å². The number of hydrogen-bond acceptors (Lipinski definition) is 3. The number of nitrogens with one attached hydrogen (secondary N) is 1. The summed E-state index contributed by atoms with van der Waals surface area (Å²) < 4.78 is 0. The molecule has 0 radical (unpaired) electrons. The molecule has 0 aromatic carbocycles. The summed E-state index contributed by atoms with van der Waals surface area (Å²) in [5.74, 6) is 0. The van der Waals surface area contributed by atoms with Gasteiger partial charge in [0.05, 0.1) is 0 Å². The van der Waals surface area contributed by atoms with Crippen molar-refractivity contribution in [3.63, 3.8) is 0 Å². The van der Waals surface area contributed by atoms with Crippen molar-refractivity contribution < 1.29 is 0 Å². The smallest absolute Gasteiger partial charge is 0.0220 e. The van der Waals surface area contributed by atoms with Crippen molar-refractivity contribution in [3.05, 3.63) is 0 Å². The van der Waals surface area contributed by atoms with E-state index in [9.17, 15) is 0 Å². The Balaban J connectivity index is 1.92. The van der Waals surface area contributed by atoms with Crippen LogP contribution in [0.25, 0.3) is 0 Å². The van der Waals surface area contributed by atoms with Crippen molar-refractivity contribution in [2.45, 2.75) is 51.5 Å². The van der Waals surface area contributed by atoms with Gasteiger partial charge in [-0.3, -0.25) is 0 Å². The van der Waals surface area contributed by atoms with Crippen LogP contribution in [0.1, 0.15) is 45.4 Å². The Bertz CT molecular complexity index is 196. The number of likely N-dealkylation sites (tertiary alicyclic amines) is 1. The molecule has 0 amide bonds. The maximum Gasteiger partial charge on any atom is 0.0220 e. The molecule has 3 heteroatoms. The standard InChI is InChI=1S/C15H33N3/c1-4-16-11-7-5-6-8-12-17(2)14-15-10-9-13-18(15)3/h15-16H,4-14H2,1-3H3. The van der Waals surface area contributed by atoms with E-state index >= 15 is 0 Å². The van der Waals surface area contributed by atoms with Crippen LogP contribution in [0.3, 0.4) is 0 Å². The number of rotatable bonds is 10. The first-order valence-corrected chi connectivity index (χ1v) is 7.83. The van der Waals surface area contributed by atoms with E-state index in [1.165, 1.54) is 64.7 Å². The molecular formula is C15H33N3. The SMILES string of the molecule is CCNCCCCCCN(C)CC1CCCN1C. The van der Waals surface area contributed by atoms with E-state index < -0.39 is 0 Å². The molecule has 0 aromatic heterocycles. The molecule has 0 bridgehead atoms. The van der Waals surface area contributed by atoms with E-state index in [0.717, 1.165) is 12.6 Å². The molecule has 0 aromatic rings. The second kappa shape index (κ2) is 9.76. The monoisotopic (exact) mass is 255 g/mol. The molecule has 1 rings (SSSR count). The quantitative estimate of drug-likeness (QED) is 0.604. The summed E-state index contributed by atoms with van der Waals surface area (Å²) >= 11 is 0. The van der Waals surface area contributed by atoms with E-state index in [1.807, 2.05) is 0 Å². The van der Waals surface area contributed by atoms with Crippen LogP contribution >= 0.6 is 0 Å². The first-order chi connectivity index (χ1) is 8.74. The number of unbranched alkanes of at least 4 members (excludes halogenated alkanes) is 3. The molecular weight excluding hydrogens is 222 g/mol. The third-order valence-electron chi connectivity index (χ3n) is 4.09. The summed E-state index contributed by atoms with van der Waals surface area (Å²) in [4.78, 5) is 5.05. The van der Waals surface area contributed by atoms with Gasteiger partial charge in [-0.2, -0.15) is 0 Å². The molecule has 1 unspecified atom stereocenters. The maximum atomic E-state index is 3.39. The van der Waals surface area contributed by atoms with Gasteiger partial charge in [0.25, 0.3) is 0 Å². The van der Waals surface area contributed by atoms with E-state index in [-0.39, 0.29) is 0 Å². The van der Waals surface area contributed by atoms with Gasteiger partial charge >= 0.3 is 0 Å². The fraction of sp³-hybridized carbons (Fsp3) is 1.00. The summed E-state index contributed by atoms with van der Waals surface area (Å²) in [6.07, 6.45) is 8.24. The summed E-state index contributed by atoms with van der Waals surface area (Å²) in [5.41, 5.74) is 0. The molecule has 1 atom stereocenters. The van der Waals surface area contributed by atoms with Gasteiger partial charge < -0.3 is 15.1 Å². The Morgan fingerprint density at radius 3 is 2.67 bits per heavy atom. The Kier molecular flexibility index (Phi) is 8.64. The minimum absolute atomic E-state index is 0.809. The first-order valence-electron chi connectivity index (χ1n) is 7.83. The number of hydrogen-bond donors (Lipinski definition) is 1. The van der Waals surface area contributed by atoms with Crippen LogP contribution in [-0.4, -0.2) is 62.7 Å². The fourth-order valence-corrected chi connectivity index (χ4v) is 2.82. The zero-order chi connectivity index (χ0) is 13.2. The van der Waals surface area contributed by atoms with Gasteiger partial charge in [0, 0.05) is 12.6 Å². The fourth-order valence-electron chi connectivity index (χ4n) is 2.82. The zero-order valence-electron chi connectivity index (χ0n) is 12.7. The molecule has 1 aliphatic heterocycles. The van der Waals surface area contributed by atoms with Crippen molar-refractivity contribution in [1.82, 2.24) is 15.1 Å². The van der Waals surface area contributed by atoms with E-state index in [2.05, 4.69) is 36.1 Å². The molecule has 1 saturated heterocycles. The summed E-state index contributed by atoms with van der Waals surface area (Å²) in [6, 6.07) is 0.809. The highest BCUT2D eigenvalue weighted by atomic mass is 15.2. The molecule has 0 saturated carbocycles. The molecule has 1 heterocycles. The molecule has 1 N–H and O–H groups in total. The summed E-state index contributed by atoms with van der Waals surface area (Å²) in [5, 5.41) is 3.39. The van der Waals surface area contributed by atoms with Crippen LogP contribution in [0.2, 0.25) is 0 Å². The average molecular weight is 255 g/mol. The van der Waals surface area contributed by atoms with Gasteiger partial charge in [-0.05, 0) is 66.0 Å². The van der Waals surface area contributed by atoms with Crippen molar-refractivity contribution in [3.8, 4) is 0 Å². The van der Waals surface area contributed by atoms with Crippen LogP contribution in [0, 0.1) is 0 Å². The highest BCUT2D eigenvalue weighted by molar-refractivity contribution is 4.78. The third-order valence-corrected chi connectivity index (χ3v) is 4.09. The Morgan fingerprint density at radius 2 is 2.00 bits per heavy atom. The Labute approximate surface area is 114 Å². The topological polar surface area (TPSA) is 18.5 Å². The van der Waals surface area contributed by atoms with Crippen molar-refractivity contribution in [1.29, 1.82) is 0 Å². The predicted molar refractivity (Wildman–Crippen MR) is 80.2 cm³/mol. The third kappa shape index (κ3) is 6.72. The van der Waals surface area contributed by atoms with E-state index in [4.69, 9.17) is 0 Å². The van der Waals surface area contributed by atoms with Crippen LogP contribution in [0.15, 0.2) is 0 Å². The highest BCUT2D eigenvalue weighted by Gasteiger charge is 2.21. The first kappa shape index (κ1) is 15.9. The van der Waals surface area contributed by atoms with E-state index in [1.54, 1.807) is 0 Å². The summed E-state index contributed by atoms with van der Waals surface area (Å²) in [7, 11) is 4.55. The Hall–Kier alpha value is -0.120. The molecule has 108 valence electrons. The summed E-state index contributed by atoms with van der Waals surface area (Å²) in [6.45, 7) is 8.30. The predicted octanol–water partition coefficient (Wildman–Crippen LogP) is 2.18. The average Bonchev–Trinajstić information content (AvgIpc) is 2.74. The van der Waals surface area contributed by atoms with Crippen molar-refractivity contribution >= 4 is 0 Å². The lowest BCUT2D eigenvalue weighted by Gasteiger charge is -2.25. The van der Waals surface area contributed by atoms with Crippen LogP contribution in [0.5, 0.6) is 0 Å². The van der Waals surface area contributed by atoms with Gasteiger partial charge in [-0.25, -0.2) is 0 Å². The Morgan fingerprint density at radius 1 is 1.22 bits per heavy atom. The van der Waals surface area contributed by atoms with Crippen LogP contribution in [-0.2, 0) is 0 Å². The van der Waals surface area contributed by atoms with E-state index in [0.29, 0.717) is 0 Å². The van der Waals surface area contributed by atoms with Crippen molar-refractivity contribution in [2.24, 2.45) is 0 Å². The molecule has 18 heavy (non-hydrogen) atoms. The van der Waals surface area contributed by atoms with Gasteiger partial charge in [-0.1, -0.05) is 19.8 Å². The lowest BCUT2D eigenvalue weighted by molar-refractivity contribution is 0.217. The molecule has 1 fully saturated rings. The van der Waals surface area contributed by atoms with Crippen molar-refractivity contribution in [2.75, 3.05) is 46.8 Å². The highest BCUT2D eigenvalue weighted by Crippen LogP contribution is 2.15. The second-order valence-corrected chi connectivity index (χ2v) is 5.81. The van der Waals surface area contributed by atoms with Gasteiger partial charge in [0.1, 0.15) is 0 Å². The van der Waals surface area contributed by atoms with Crippen LogP contribution in [0.4, 0.5) is 0 Å². The molecule has 0 aliphatic carbocycles. The number of likely N-dealkylation sites (N-methyl/N-ethyl adjacent to an activating group) is 2. The molecule has 3 nitrogen and oxygen atoms in total. The lowest BCUT2D eigenvalue weighted by atomic mass is 10.1. The molecule has 0 spiro atoms. The van der Waals surface area contributed by atoms with Gasteiger partial charge in [0.15, 0.2) is 0 Å². The number of nitrogens with zero attached hydrogens (tertiary/aromatic N) is 2. The maximum absolute atomic E-state index is 3.39. The largest absolute Gasteiger partial charge is 0.317 e. The minimum atomic E-state index is 0.809. The minimum Gasteiger partial charge on any atom is -0.317 e. The second-order valence-electron chi connectivity index (χ2n) is 5.81. The van der Waals surface area contributed by atoms with Gasteiger partial charge in [-0.15, -0.1) is 0 Å². The van der Waals surface area contributed by atoms with Crippen LogP contribution < -0.4 is 5.32 Å². The lowest BCUT2D eigenvalue weighted by Crippen LogP contribution is -2.37. The molecule has 1 aliphatic rings.